The molecule has 0 saturated carbocycles. The van der Waals surface area contributed by atoms with E-state index in [4.69, 9.17) is 0 Å². The van der Waals surface area contributed by atoms with Gasteiger partial charge in [-0.25, -0.2) is 0 Å². The van der Waals surface area contributed by atoms with Crippen molar-refractivity contribution in [2.24, 2.45) is 16.2 Å². The first-order chi connectivity index (χ1) is 51.3. The van der Waals surface area contributed by atoms with E-state index in [2.05, 4.69) is 334 Å². The van der Waals surface area contributed by atoms with Crippen molar-refractivity contribution in [3.05, 3.63) is 257 Å². The highest BCUT2D eigenvalue weighted by Crippen LogP contribution is 2.52. The summed E-state index contributed by atoms with van der Waals surface area (Å²) in [6, 6.07) is 62.1. The third kappa shape index (κ3) is 12.5. The van der Waals surface area contributed by atoms with Gasteiger partial charge in [0.05, 0.1) is 44.4 Å². The first-order valence-electron chi connectivity index (χ1n) is 40.9. The summed E-state index contributed by atoms with van der Waals surface area (Å²) in [5.41, 5.74) is 24.2. The van der Waals surface area contributed by atoms with Crippen LogP contribution in [0.25, 0.3) is 77.2 Å². The Hall–Kier alpha value is -9.32. The van der Waals surface area contributed by atoms with E-state index in [-0.39, 0.29) is 86.2 Å². The average Bonchev–Trinajstić information content (AvgIpc) is 0.696. The number of aromatic nitrogens is 2. The quantitative estimate of drug-likeness (QED) is 0.134. The Labute approximate surface area is 620 Å². The molecule has 5 heteroatoms. The van der Waals surface area contributed by atoms with Gasteiger partial charge in [0.15, 0.2) is 0 Å². The van der Waals surface area contributed by atoms with Crippen LogP contribution in [-0.4, -0.2) is 15.8 Å². The van der Waals surface area contributed by atoms with E-state index in [0.29, 0.717) is 28.2 Å². The fraction of sp³-hybridized carbons (Fsp3) is 0.320. The van der Waals surface area contributed by atoms with Crippen LogP contribution < -0.4 is 26.2 Å². The van der Waals surface area contributed by atoms with Gasteiger partial charge in [-0.05, 0) is 221 Å². The van der Waals surface area contributed by atoms with Crippen molar-refractivity contribution in [1.29, 1.82) is 0 Å². The standard InChI is InChI=1S/C97H105BN4/c1-91(2,3)58-61-36-44-84-76(48-61)72-32-22-24-34-80(72)99(84)70-40-42-78-86(56-70)101(82-46-38-68(96(16,17)18)54-74(82)64-28-26-30-66(52-64)94(10,11)12)88-50-63(60-93(7,8)9)51-89-90(88)98(78)79-43-41-71(100-81-35-25-23-33-73(81)77-49-62(37-45-85(77)100)59-92(4,5)6)57-87(79)102(89)83-47-39-69(97(19,20)21)55-75(83)65-29-27-31-67(53-65)95(13,14)15/h22-57H,58-60H2,1-21H3/i22D,23D,24D,25D,32D,33D,34D,35D. The summed E-state index contributed by atoms with van der Waals surface area (Å²) in [5, 5.41) is 2.51. The lowest BCUT2D eigenvalue weighted by Crippen LogP contribution is -2.61. The summed E-state index contributed by atoms with van der Waals surface area (Å²) in [6.07, 6.45) is 2.25. The third-order valence-electron chi connectivity index (χ3n) is 21.0. The van der Waals surface area contributed by atoms with E-state index in [1.165, 1.54) is 22.3 Å². The van der Waals surface area contributed by atoms with Gasteiger partial charge >= 0.3 is 0 Å². The van der Waals surface area contributed by atoms with Crippen molar-refractivity contribution in [3.8, 4) is 33.6 Å². The molecule has 0 amide bonds. The molecule has 516 valence electrons. The van der Waals surface area contributed by atoms with Gasteiger partial charge in [-0.3, -0.25) is 0 Å². The lowest BCUT2D eigenvalue weighted by Gasteiger charge is -2.45. The lowest BCUT2D eigenvalue weighted by molar-refractivity contribution is 0.411. The molecule has 11 aromatic carbocycles. The molecule has 13 aromatic rings. The molecule has 0 saturated heterocycles. The minimum atomic E-state index is -0.432. The van der Waals surface area contributed by atoms with Crippen LogP contribution in [0.2, 0.25) is 0 Å². The molecular formula is C97H105BN4. The number of benzene rings is 11. The molecule has 2 aromatic heterocycles. The van der Waals surface area contributed by atoms with Gasteiger partial charge in [-0.2, -0.15) is 0 Å². The smallest absolute Gasteiger partial charge is 0.252 e. The topological polar surface area (TPSA) is 16.3 Å². The predicted molar refractivity (Wildman–Crippen MR) is 444 cm³/mol. The van der Waals surface area contributed by atoms with Crippen molar-refractivity contribution in [2.45, 2.75) is 186 Å². The summed E-state index contributed by atoms with van der Waals surface area (Å²) in [5.74, 6) is 0. The molecular weight excluding hydrogens is 1230 g/mol. The second-order valence-corrected chi connectivity index (χ2v) is 37.3. The van der Waals surface area contributed by atoms with Gasteiger partial charge in [0, 0.05) is 66.8 Å². The third-order valence-corrected chi connectivity index (χ3v) is 21.0. The fourth-order valence-corrected chi connectivity index (χ4v) is 16.2. The largest absolute Gasteiger partial charge is 0.311 e. The monoisotopic (exact) mass is 1340 g/mol. The van der Waals surface area contributed by atoms with Crippen LogP contribution in [0.5, 0.6) is 0 Å². The van der Waals surface area contributed by atoms with E-state index in [1.807, 2.05) is 0 Å². The van der Waals surface area contributed by atoms with Crippen molar-refractivity contribution in [3.63, 3.8) is 0 Å². The SMILES string of the molecule is [2H]c1c([2H])c([2H])c2c(c1[2H])c1cc(CC(C)(C)C)ccc1n2-c1ccc2c(c1)N(c1ccc(C(C)(C)C)cc1-c1cccc(C(C)(C)C)c1)c1cc(CC(C)(C)C)cc3c1B2c1ccc(-n2c4ccc(CC(C)(C)C)cc4c4c([2H])c([2H])c([2H])c([2H])c42)cc1N3c1ccc(C(C)(C)C)cc1-c1cccc(C(C)(C)C)c1. The zero-order chi connectivity index (χ0) is 79.2. The van der Waals surface area contributed by atoms with Gasteiger partial charge in [0.2, 0.25) is 0 Å². The van der Waals surface area contributed by atoms with Crippen molar-refractivity contribution >= 4 is 101 Å². The molecule has 0 bridgehead atoms. The minimum absolute atomic E-state index is 0.0555. The number of fused-ring (bicyclic) bond motifs is 10. The molecule has 4 nitrogen and oxygen atoms in total. The van der Waals surface area contributed by atoms with Gasteiger partial charge < -0.3 is 18.9 Å². The van der Waals surface area contributed by atoms with Crippen LogP contribution in [-0.2, 0) is 40.9 Å². The highest BCUT2D eigenvalue weighted by molar-refractivity contribution is 7.00. The molecule has 0 aliphatic carbocycles. The first-order valence-corrected chi connectivity index (χ1v) is 36.9. The number of hydrogen-bond acceptors (Lipinski definition) is 2. The lowest BCUT2D eigenvalue weighted by atomic mass is 9.33. The predicted octanol–water partition coefficient (Wildman–Crippen LogP) is 25.3. The maximum atomic E-state index is 9.94. The molecule has 102 heavy (non-hydrogen) atoms. The zero-order valence-corrected chi connectivity index (χ0v) is 64.2. The van der Waals surface area contributed by atoms with Crippen molar-refractivity contribution in [1.82, 2.24) is 9.13 Å². The van der Waals surface area contributed by atoms with Crippen LogP contribution in [0.4, 0.5) is 34.1 Å². The summed E-state index contributed by atoms with van der Waals surface area (Å²) >= 11 is 0. The summed E-state index contributed by atoms with van der Waals surface area (Å²) in [6.45, 7) is 47.2. The van der Waals surface area contributed by atoms with Crippen LogP contribution in [0.3, 0.4) is 0 Å². The van der Waals surface area contributed by atoms with Crippen LogP contribution in [0, 0.1) is 16.2 Å². The van der Waals surface area contributed by atoms with Crippen molar-refractivity contribution < 1.29 is 11.0 Å². The highest BCUT2D eigenvalue weighted by atomic mass is 15.2. The van der Waals surface area contributed by atoms with E-state index in [9.17, 15) is 11.0 Å². The van der Waals surface area contributed by atoms with Gasteiger partial charge in [-0.1, -0.05) is 267 Å². The molecule has 4 heterocycles. The average molecular weight is 1350 g/mol. The Bertz CT molecular complexity index is 5650. The Morgan fingerprint density at radius 1 is 0.304 bits per heavy atom. The fourth-order valence-electron chi connectivity index (χ4n) is 16.2. The van der Waals surface area contributed by atoms with E-state index in [1.54, 1.807) is 0 Å². The molecule has 0 N–H and O–H groups in total. The molecule has 0 unspecified atom stereocenters. The molecule has 0 radical (unpaired) electrons. The van der Waals surface area contributed by atoms with Gasteiger partial charge in [-0.15, -0.1) is 0 Å². The van der Waals surface area contributed by atoms with Crippen LogP contribution >= 0.6 is 0 Å². The van der Waals surface area contributed by atoms with Crippen molar-refractivity contribution in [2.75, 3.05) is 9.80 Å². The molecule has 2 aliphatic heterocycles. The van der Waals surface area contributed by atoms with E-state index >= 15 is 0 Å². The Balaban J connectivity index is 1.12. The highest BCUT2D eigenvalue weighted by Gasteiger charge is 2.46. The van der Waals surface area contributed by atoms with Crippen LogP contribution in [0.15, 0.2) is 218 Å². The number of para-hydroxylation sites is 2. The summed E-state index contributed by atoms with van der Waals surface area (Å²) in [7, 11) is 0. The number of nitrogens with zero attached hydrogens (tertiary/aromatic N) is 4. The molecule has 0 atom stereocenters. The zero-order valence-electron chi connectivity index (χ0n) is 72.2. The van der Waals surface area contributed by atoms with E-state index in [0.717, 1.165) is 135 Å². The number of hydrogen-bond donors (Lipinski definition) is 0. The number of anilines is 6. The maximum Gasteiger partial charge on any atom is 0.252 e. The Morgan fingerprint density at radius 2 is 0.676 bits per heavy atom. The summed E-state index contributed by atoms with van der Waals surface area (Å²) < 4.78 is 80.6. The Kier molecular flexibility index (Phi) is 14.0. The second-order valence-electron chi connectivity index (χ2n) is 37.3. The second kappa shape index (κ2) is 24.2. The van der Waals surface area contributed by atoms with Crippen LogP contribution in [0.1, 0.15) is 195 Å². The van der Waals surface area contributed by atoms with E-state index < -0.39 is 6.71 Å². The summed E-state index contributed by atoms with van der Waals surface area (Å²) in [4.78, 5) is 5.06. The molecule has 0 fully saturated rings. The van der Waals surface area contributed by atoms with Gasteiger partial charge in [0.25, 0.3) is 6.71 Å². The molecule has 2 aliphatic rings. The molecule has 0 spiro atoms. The van der Waals surface area contributed by atoms with Gasteiger partial charge in [0.1, 0.15) is 0 Å². The maximum absolute atomic E-state index is 9.94. The molecule has 15 rings (SSSR count). The number of rotatable bonds is 9. The first kappa shape index (κ1) is 59.2. The Morgan fingerprint density at radius 3 is 1.06 bits per heavy atom. The normalized spacial score (nSPS) is 14.9. The minimum Gasteiger partial charge on any atom is -0.311 e.